The first-order chi connectivity index (χ1) is 14.1. The Kier molecular flexibility index (Phi) is 7.09. The van der Waals surface area contributed by atoms with E-state index in [1.807, 2.05) is 0 Å². The van der Waals surface area contributed by atoms with Gasteiger partial charge in [-0.15, -0.1) is 0 Å². The number of amides is 1. The van der Waals surface area contributed by atoms with E-state index in [-0.39, 0.29) is 30.3 Å². The van der Waals surface area contributed by atoms with Crippen molar-refractivity contribution in [1.82, 2.24) is 26.5 Å². The fraction of sp³-hybridized carbons (Fsp3) is 0.952. The predicted octanol–water partition coefficient (Wildman–Crippen LogP) is 0.955. The van der Waals surface area contributed by atoms with Crippen LogP contribution in [0.5, 0.6) is 0 Å². The average Bonchev–Trinajstić information content (AvgIpc) is 3.45. The number of methoxy groups -OCH3 is 1. The number of nitrogens with zero attached hydrogens (tertiary/aromatic N) is 1. The summed E-state index contributed by atoms with van der Waals surface area (Å²) in [5.74, 6) is 2.21. The third kappa shape index (κ3) is 4.62. The molecule has 8 heteroatoms. The molecule has 0 aromatic carbocycles. The largest absolute Gasteiger partial charge is 0.383 e. The molecule has 2 heterocycles. The lowest BCUT2D eigenvalue weighted by molar-refractivity contribution is -0.126. The molecule has 0 spiro atoms. The summed E-state index contributed by atoms with van der Waals surface area (Å²) in [4.78, 5) is 18.6. The second-order valence-electron chi connectivity index (χ2n) is 9.36. The van der Waals surface area contributed by atoms with Crippen LogP contribution in [0.15, 0.2) is 0 Å². The van der Waals surface area contributed by atoms with Gasteiger partial charge in [0.1, 0.15) is 6.23 Å². The first-order valence-corrected chi connectivity index (χ1v) is 11.6. The molecule has 4 aliphatic rings. The SMILES string of the molecule is CCC1NC(C2CCC3C(CC[C@H]3NC(=O)C3CNN(CCOC)C3C)C2)NO1. The molecule has 4 fully saturated rings. The smallest absolute Gasteiger partial charge is 0.226 e. The van der Waals surface area contributed by atoms with Gasteiger partial charge in [0.15, 0.2) is 0 Å². The van der Waals surface area contributed by atoms with E-state index in [0.29, 0.717) is 24.5 Å². The van der Waals surface area contributed by atoms with Crippen LogP contribution in [0.25, 0.3) is 0 Å². The zero-order valence-electron chi connectivity index (χ0n) is 18.2. The molecular formula is C21H39N5O3. The van der Waals surface area contributed by atoms with Crippen LogP contribution in [-0.4, -0.2) is 62.2 Å². The Morgan fingerprint density at radius 1 is 1.24 bits per heavy atom. The molecule has 2 saturated carbocycles. The maximum atomic E-state index is 13.0. The van der Waals surface area contributed by atoms with Crippen molar-refractivity contribution < 1.29 is 14.4 Å². The van der Waals surface area contributed by atoms with Crippen molar-refractivity contribution in [1.29, 1.82) is 0 Å². The Bertz CT molecular complexity index is 564. The number of carbonyl (C=O) groups excluding carboxylic acids is 1. The highest BCUT2D eigenvalue weighted by Crippen LogP contribution is 2.45. The van der Waals surface area contributed by atoms with Crippen LogP contribution in [0.4, 0.5) is 0 Å². The summed E-state index contributed by atoms with van der Waals surface area (Å²) in [6.07, 6.45) is 7.38. The summed E-state index contributed by atoms with van der Waals surface area (Å²) in [7, 11) is 1.71. The number of ether oxygens (including phenoxy) is 1. The molecule has 7 unspecified atom stereocenters. The van der Waals surface area contributed by atoms with Crippen LogP contribution in [0, 0.1) is 23.7 Å². The van der Waals surface area contributed by atoms with Gasteiger partial charge in [0.05, 0.1) is 18.7 Å². The van der Waals surface area contributed by atoms with Crippen molar-refractivity contribution in [3.8, 4) is 0 Å². The summed E-state index contributed by atoms with van der Waals surface area (Å²) in [5.41, 5.74) is 6.58. The molecule has 2 saturated heterocycles. The molecule has 4 rings (SSSR count). The molecule has 0 aromatic heterocycles. The van der Waals surface area contributed by atoms with Gasteiger partial charge in [-0.2, -0.15) is 5.48 Å². The summed E-state index contributed by atoms with van der Waals surface area (Å²) in [5, 5.41) is 9.15. The summed E-state index contributed by atoms with van der Waals surface area (Å²) in [6, 6.07) is 0.543. The van der Waals surface area contributed by atoms with Gasteiger partial charge < -0.3 is 10.1 Å². The Labute approximate surface area is 174 Å². The molecule has 0 bridgehead atoms. The van der Waals surface area contributed by atoms with Crippen LogP contribution in [-0.2, 0) is 14.4 Å². The number of nitrogens with one attached hydrogen (secondary N) is 4. The average molecular weight is 410 g/mol. The van der Waals surface area contributed by atoms with Crippen LogP contribution >= 0.6 is 0 Å². The van der Waals surface area contributed by atoms with Crippen LogP contribution in [0.3, 0.4) is 0 Å². The van der Waals surface area contributed by atoms with Crippen molar-refractivity contribution in [2.24, 2.45) is 23.7 Å². The monoisotopic (exact) mass is 409 g/mol. The Balaban J connectivity index is 1.26. The molecule has 2 aliphatic carbocycles. The van der Waals surface area contributed by atoms with E-state index in [9.17, 15) is 4.79 Å². The van der Waals surface area contributed by atoms with E-state index in [0.717, 1.165) is 31.8 Å². The predicted molar refractivity (Wildman–Crippen MR) is 110 cm³/mol. The second-order valence-corrected chi connectivity index (χ2v) is 9.36. The first kappa shape index (κ1) is 21.5. The van der Waals surface area contributed by atoms with Gasteiger partial charge in [-0.1, -0.05) is 6.92 Å². The third-order valence-electron chi connectivity index (χ3n) is 7.78. The minimum atomic E-state index is 0.0114. The summed E-state index contributed by atoms with van der Waals surface area (Å²) in [6.45, 7) is 6.48. The standard InChI is InChI=1S/C21H39N5O3/c1-4-19-24-20(25-29-19)15-5-7-16-14(11-15)6-8-18(16)23-21(27)17-12-22-26(13(17)2)9-10-28-3/h13-20,22,24-25H,4-12H2,1-3H3,(H,23,27)/t13?,14?,15?,16?,17?,18-,19?,20?/m1/s1. The zero-order chi connectivity index (χ0) is 20.4. The number of hydrazine groups is 1. The van der Waals surface area contributed by atoms with Crippen molar-refractivity contribution in [2.75, 3.05) is 26.8 Å². The van der Waals surface area contributed by atoms with E-state index in [4.69, 9.17) is 9.57 Å². The van der Waals surface area contributed by atoms with Gasteiger partial charge in [-0.3, -0.25) is 20.4 Å². The molecule has 1 amide bonds. The highest BCUT2D eigenvalue weighted by molar-refractivity contribution is 5.80. The third-order valence-corrected chi connectivity index (χ3v) is 7.78. The van der Waals surface area contributed by atoms with Gasteiger partial charge in [0.2, 0.25) is 5.91 Å². The van der Waals surface area contributed by atoms with Crippen molar-refractivity contribution in [3.05, 3.63) is 0 Å². The minimum absolute atomic E-state index is 0.0114. The molecule has 8 nitrogen and oxygen atoms in total. The first-order valence-electron chi connectivity index (χ1n) is 11.6. The van der Waals surface area contributed by atoms with Crippen LogP contribution in [0.1, 0.15) is 52.4 Å². The summed E-state index contributed by atoms with van der Waals surface area (Å²) >= 11 is 0. The molecule has 166 valence electrons. The van der Waals surface area contributed by atoms with Gasteiger partial charge in [-0.25, -0.2) is 5.01 Å². The second kappa shape index (κ2) is 9.58. The number of hydrogen-bond acceptors (Lipinski definition) is 7. The van der Waals surface area contributed by atoms with E-state index >= 15 is 0 Å². The van der Waals surface area contributed by atoms with Gasteiger partial charge in [0, 0.05) is 32.3 Å². The Morgan fingerprint density at radius 2 is 2.07 bits per heavy atom. The molecule has 0 radical (unpaired) electrons. The number of hydroxylamine groups is 1. The van der Waals surface area contributed by atoms with Gasteiger partial charge in [0.25, 0.3) is 0 Å². The number of rotatable bonds is 7. The maximum Gasteiger partial charge on any atom is 0.226 e. The fourth-order valence-corrected chi connectivity index (χ4v) is 5.95. The maximum absolute atomic E-state index is 13.0. The summed E-state index contributed by atoms with van der Waals surface area (Å²) < 4.78 is 5.17. The highest BCUT2D eigenvalue weighted by Gasteiger charge is 2.45. The van der Waals surface area contributed by atoms with E-state index in [1.54, 1.807) is 7.11 Å². The van der Waals surface area contributed by atoms with Crippen molar-refractivity contribution in [3.63, 3.8) is 0 Å². The highest BCUT2D eigenvalue weighted by atomic mass is 16.7. The normalized spacial score (nSPS) is 42.9. The molecule has 2 aliphatic heterocycles. The molecular weight excluding hydrogens is 370 g/mol. The van der Waals surface area contributed by atoms with Gasteiger partial charge in [-0.05, 0) is 63.2 Å². The van der Waals surface area contributed by atoms with E-state index < -0.39 is 0 Å². The Hall–Kier alpha value is -0.770. The van der Waals surface area contributed by atoms with E-state index in [2.05, 4.69) is 40.4 Å². The molecule has 8 atom stereocenters. The van der Waals surface area contributed by atoms with E-state index in [1.165, 1.54) is 25.7 Å². The number of hydrogen-bond donors (Lipinski definition) is 4. The number of carbonyl (C=O) groups is 1. The quantitative estimate of drug-likeness (QED) is 0.498. The molecule has 29 heavy (non-hydrogen) atoms. The van der Waals surface area contributed by atoms with Crippen LogP contribution < -0.4 is 21.5 Å². The lowest BCUT2D eigenvalue weighted by Gasteiger charge is -2.37. The lowest BCUT2D eigenvalue weighted by Crippen LogP contribution is -2.48. The number of fused-ring (bicyclic) bond motifs is 1. The fourth-order valence-electron chi connectivity index (χ4n) is 5.95. The topological polar surface area (TPSA) is 86.9 Å². The lowest BCUT2D eigenvalue weighted by atomic mass is 9.73. The van der Waals surface area contributed by atoms with Crippen LogP contribution in [0.2, 0.25) is 0 Å². The van der Waals surface area contributed by atoms with Crippen molar-refractivity contribution >= 4 is 5.91 Å². The Morgan fingerprint density at radius 3 is 2.83 bits per heavy atom. The molecule has 0 aromatic rings. The molecule has 4 N–H and O–H groups in total. The minimum Gasteiger partial charge on any atom is -0.383 e. The zero-order valence-corrected chi connectivity index (χ0v) is 18.2. The van der Waals surface area contributed by atoms with Gasteiger partial charge >= 0.3 is 0 Å². The van der Waals surface area contributed by atoms with Crippen molar-refractivity contribution in [2.45, 2.75) is 76.8 Å².